The van der Waals surface area contributed by atoms with E-state index in [1.165, 1.54) is 11.0 Å². The summed E-state index contributed by atoms with van der Waals surface area (Å²) in [5.74, 6) is -1.21. The predicted octanol–water partition coefficient (Wildman–Crippen LogP) is -1.90. The van der Waals surface area contributed by atoms with Crippen LogP contribution >= 0.6 is 22.9 Å². The van der Waals surface area contributed by atoms with Crippen LogP contribution in [0.25, 0.3) is 0 Å². The molecule has 0 N–H and O–H groups in total. The van der Waals surface area contributed by atoms with Crippen LogP contribution in [0.15, 0.2) is 6.07 Å². The van der Waals surface area contributed by atoms with Crippen molar-refractivity contribution in [2.24, 2.45) is 0 Å². The maximum Gasteiger partial charge on any atom is 1.00 e. The summed E-state index contributed by atoms with van der Waals surface area (Å²) in [6.45, 7) is 0.409. The molecule has 19 heavy (non-hydrogen) atoms. The van der Waals surface area contributed by atoms with Crippen molar-refractivity contribution in [1.29, 1.82) is 0 Å². The van der Waals surface area contributed by atoms with Crippen LogP contribution in [0.5, 0.6) is 5.75 Å². The fraction of sp³-hybridized carbons (Fsp3) is 0.500. The summed E-state index contributed by atoms with van der Waals surface area (Å²) in [6.07, 6.45) is -2.66. The second-order valence-electron chi connectivity index (χ2n) is 3.88. The molecular formula is C10H9ClF2LiNO3S. The molecule has 0 spiro atoms. The average Bonchev–Trinajstić information content (AvgIpc) is 2.55. The molecule has 1 aliphatic rings. The molecular weight excluding hydrogens is 295 g/mol. The van der Waals surface area contributed by atoms with Gasteiger partial charge in [-0.25, -0.2) is 8.78 Å². The first-order valence-electron chi connectivity index (χ1n) is 5.13. The van der Waals surface area contributed by atoms with E-state index in [9.17, 15) is 18.7 Å². The molecule has 2 heterocycles. The molecule has 1 saturated heterocycles. The third kappa shape index (κ3) is 4.33. The van der Waals surface area contributed by atoms with E-state index in [1.54, 1.807) is 0 Å². The van der Waals surface area contributed by atoms with Gasteiger partial charge >= 0.3 is 18.9 Å². The van der Waals surface area contributed by atoms with Crippen LogP contribution in [0.2, 0.25) is 4.34 Å². The Morgan fingerprint density at radius 3 is 2.79 bits per heavy atom. The Bertz CT molecular complexity index is 454. The summed E-state index contributed by atoms with van der Waals surface area (Å²) in [5.41, 5.74) is 0. The molecule has 1 aliphatic heterocycles. The molecule has 1 fully saturated rings. The van der Waals surface area contributed by atoms with Crippen molar-refractivity contribution < 1.29 is 42.3 Å². The standard InChI is InChI=1S/C10H10ClF2NO3S.Li/c11-7-1-6(9(18-7)10(15)16)17-5-2-14(3-5)4-8(12)13;/h1,5,8H,2-4H2,(H,15,16);/q;+1/p-1. The van der Waals surface area contributed by atoms with E-state index in [0.29, 0.717) is 13.1 Å². The van der Waals surface area contributed by atoms with E-state index in [-0.39, 0.29) is 46.5 Å². The molecule has 1 aromatic rings. The van der Waals surface area contributed by atoms with Crippen LogP contribution in [0.3, 0.4) is 0 Å². The van der Waals surface area contributed by atoms with E-state index >= 15 is 0 Å². The summed E-state index contributed by atoms with van der Waals surface area (Å²) >= 11 is 6.54. The molecule has 100 valence electrons. The fourth-order valence-electron chi connectivity index (χ4n) is 1.70. The smallest absolute Gasteiger partial charge is 0.544 e. The zero-order valence-electron chi connectivity index (χ0n) is 10.1. The Balaban J connectivity index is 0.00000180. The number of halogens is 3. The number of carbonyl (C=O) groups excluding carboxylic acids is 1. The minimum absolute atomic E-state index is 0. The molecule has 0 aromatic carbocycles. The average molecular weight is 304 g/mol. The van der Waals surface area contributed by atoms with Gasteiger partial charge in [0.15, 0.2) is 0 Å². The number of carbonyl (C=O) groups is 1. The number of rotatable bonds is 5. The third-order valence-corrected chi connectivity index (χ3v) is 3.69. The van der Waals surface area contributed by atoms with Crippen molar-refractivity contribution >= 4 is 28.9 Å². The number of likely N-dealkylation sites (tertiary alicyclic amines) is 1. The Morgan fingerprint density at radius 2 is 2.26 bits per heavy atom. The van der Waals surface area contributed by atoms with E-state index in [2.05, 4.69) is 0 Å². The number of aromatic carboxylic acids is 1. The summed E-state index contributed by atoms with van der Waals surface area (Å²) in [4.78, 5) is 12.2. The molecule has 4 nitrogen and oxygen atoms in total. The Morgan fingerprint density at radius 1 is 1.63 bits per heavy atom. The first-order chi connectivity index (χ1) is 8.45. The maximum atomic E-state index is 12.0. The van der Waals surface area contributed by atoms with Gasteiger partial charge in [-0.1, -0.05) is 11.6 Å². The summed E-state index contributed by atoms with van der Waals surface area (Å²) < 4.78 is 29.8. The molecule has 0 unspecified atom stereocenters. The van der Waals surface area contributed by atoms with E-state index in [0.717, 1.165) is 11.3 Å². The minimum atomic E-state index is -2.37. The van der Waals surface area contributed by atoms with Crippen molar-refractivity contribution in [2.45, 2.75) is 12.5 Å². The summed E-state index contributed by atoms with van der Waals surface area (Å²) in [5, 5.41) is 10.8. The third-order valence-electron chi connectivity index (χ3n) is 2.47. The second kappa shape index (κ2) is 6.91. The van der Waals surface area contributed by atoms with Crippen molar-refractivity contribution in [2.75, 3.05) is 19.6 Å². The molecule has 0 radical (unpaired) electrons. The number of thiophene rings is 1. The van der Waals surface area contributed by atoms with Gasteiger partial charge in [0.05, 0.1) is 21.7 Å². The van der Waals surface area contributed by atoms with E-state index < -0.39 is 12.4 Å². The van der Waals surface area contributed by atoms with Gasteiger partial charge in [0, 0.05) is 19.2 Å². The van der Waals surface area contributed by atoms with Crippen LogP contribution in [0.1, 0.15) is 9.67 Å². The Labute approximate surface area is 129 Å². The summed E-state index contributed by atoms with van der Waals surface area (Å²) in [7, 11) is 0. The number of hydrogen-bond acceptors (Lipinski definition) is 5. The Kier molecular flexibility index (Phi) is 6.08. The topological polar surface area (TPSA) is 52.6 Å². The first kappa shape index (κ1) is 16.7. The number of carboxylic acids is 1. The number of ether oxygens (including phenoxy) is 1. The zero-order chi connectivity index (χ0) is 13.3. The van der Waals surface area contributed by atoms with Crippen molar-refractivity contribution in [1.82, 2.24) is 4.90 Å². The van der Waals surface area contributed by atoms with Gasteiger partial charge in [-0.2, -0.15) is 0 Å². The van der Waals surface area contributed by atoms with Crippen LogP contribution < -0.4 is 28.7 Å². The van der Waals surface area contributed by atoms with Crippen LogP contribution in [0.4, 0.5) is 8.78 Å². The molecule has 0 amide bonds. The van der Waals surface area contributed by atoms with Crippen LogP contribution in [0, 0.1) is 0 Å². The normalized spacial score (nSPS) is 16.0. The second-order valence-corrected chi connectivity index (χ2v) is 5.56. The fourth-order valence-corrected chi connectivity index (χ4v) is 2.68. The van der Waals surface area contributed by atoms with Gasteiger partial charge in [0.25, 0.3) is 6.43 Å². The van der Waals surface area contributed by atoms with Crippen molar-refractivity contribution in [3.05, 3.63) is 15.3 Å². The number of nitrogens with zero attached hydrogens (tertiary/aromatic N) is 1. The first-order valence-corrected chi connectivity index (χ1v) is 6.33. The van der Waals surface area contributed by atoms with Gasteiger partial charge in [0.1, 0.15) is 11.9 Å². The minimum Gasteiger partial charge on any atom is -0.544 e. The van der Waals surface area contributed by atoms with E-state index in [1.807, 2.05) is 0 Å². The van der Waals surface area contributed by atoms with Crippen LogP contribution in [-0.2, 0) is 0 Å². The number of carboxylic acid groups (broad SMARTS) is 1. The maximum absolute atomic E-state index is 12.0. The SMILES string of the molecule is O=C([O-])c1sc(Cl)cc1OC1CN(CC(F)F)C1.[Li+]. The largest absolute Gasteiger partial charge is 1.00 e. The van der Waals surface area contributed by atoms with Gasteiger partial charge in [-0.15, -0.1) is 11.3 Å². The number of alkyl halides is 2. The molecule has 0 aliphatic carbocycles. The van der Waals surface area contributed by atoms with Crippen molar-refractivity contribution in [3.63, 3.8) is 0 Å². The Hall–Kier alpha value is -0.323. The zero-order valence-corrected chi connectivity index (χ0v) is 11.6. The number of hydrogen-bond donors (Lipinski definition) is 0. The molecule has 2 rings (SSSR count). The predicted molar refractivity (Wildman–Crippen MR) is 60.5 cm³/mol. The quantitative estimate of drug-likeness (QED) is 0.596. The van der Waals surface area contributed by atoms with Gasteiger partial charge in [-0.3, -0.25) is 4.90 Å². The van der Waals surface area contributed by atoms with Crippen molar-refractivity contribution in [3.8, 4) is 5.75 Å². The van der Waals surface area contributed by atoms with E-state index in [4.69, 9.17) is 16.3 Å². The monoisotopic (exact) mass is 303 g/mol. The molecule has 0 atom stereocenters. The molecule has 1 aromatic heterocycles. The molecule has 0 saturated carbocycles. The molecule has 9 heteroatoms. The van der Waals surface area contributed by atoms with Gasteiger partial charge in [-0.05, 0) is 0 Å². The molecule has 0 bridgehead atoms. The van der Waals surface area contributed by atoms with Gasteiger partial charge in [0.2, 0.25) is 0 Å². The van der Waals surface area contributed by atoms with Crippen LogP contribution in [-0.4, -0.2) is 43.0 Å². The summed E-state index contributed by atoms with van der Waals surface area (Å²) in [6, 6.07) is 1.40. The van der Waals surface area contributed by atoms with Gasteiger partial charge < -0.3 is 14.6 Å².